The first-order chi connectivity index (χ1) is 20.7. The van der Waals surface area contributed by atoms with Gasteiger partial charge in [0.2, 0.25) is 0 Å². The van der Waals surface area contributed by atoms with Gasteiger partial charge in [0, 0.05) is 5.92 Å². The molecule has 0 saturated heterocycles. The largest absolute Gasteiger partial charge is 0.479 e. The Hall–Kier alpha value is -3.20. The summed E-state index contributed by atoms with van der Waals surface area (Å²) in [6, 6.07) is -1.08. The summed E-state index contributed by atoms with van der Waals surface area (Å²) in [7, 11) is 0. The topological polar surface area (TPSA) is 162 Å². The van der Waals surface area contributed by atoms with Gasteiger partial charge in [0.05, 0.1) is 18.2 Å². The molecule has 4 atom stereocenters. The summed E-state index contributed by atoms with van der Waals surface area (Å²) in [4.78, 5) is 38.8. The van der Waals surface area contributed by atoms with Crippen LogP contribution in [-0.4, -0.2) is 58.2 Å². The third kappa shape index (κ3) is 14.7. The summed E-state index contributed by atoms with van der Waals surface area (Å²) in [5, 5.41) is 32.7. The second kappa shape index (κ2) is 20.7. The van der Waals surface area contributed by atoms with Crippen molar-refractivity contribution in [3.05, 3.63) is 47.6 Å². The molecule has 1 saturated carbocycles. The molecule has 9 heteroatoms. The molecule has 0 amide bonds. The normalized spacial score (nSPS) is 21.7. The Balaban J connectivity index is 1.98. The van der Waals surface area contributed by atoms with E-state index < -0.39 is 24.1 Å². The predicted molar refractivity (Wildman–Crippen MR) is 171 cm³/mol. The lowest BCUT2D eigenvalue weighted by molar-refractivity contribution is -0.138. The molecular weight excluding hydrogens is 546 g/mol. The summed E-state index contributed by atoms with van der Waals surface area (Å²) < 4.78 is 0. The molecule has 0 bridgehead atoms. The van der Waals surface area contributed by atoms with Crippen LogP contribution >= 0.6 is 0 Å². The minimum Gasteiger partial charge on any atom is -0.479 e. The summed E-state index contributed by atoms with van der Waals surface area (Å²) in [6.07, 6.45) is 25.8. The summed E-state index contributed by atoms with van der Waals surface area (Å²) in [5.74, 6) is -1.54. The maximum Gasteiger partial charge on any atom is 0.333 e. The number of guanidine groups is 1. The van der Waals surface area contributed by atoms with E-state index >= 15 is 0 Å². The van der Waals surface area contributed by atoms with E-state index in [-0.39, 0.29) is 36.3 Å². The number of nitrogens with zero attached hydrogens (tertiary/aromatic N) is 1. The highest BCUT2D eigenvalue weighted by Crippen LogP contribution is 2.28. The van der Waals surface area contributed by atoms with Crippen molar-refractivity contribution in [2.24, 2.45) is 28.5 Å². The number of rotatable bonds is 20. The Bertz CT molecular complexity index is 1030. The fourth-order valence-corrected chi connectivity index (χ4v) is 5.87. The molecule has 0 aromatic rings. The van der Waals surface area contributed by atoms with Crippen molar-refractivity contribution in [2.45, 2.75) is 115 Å². The molecule has 2 aliphatic rings. The van der Waals surface area contributed by atoms with Gasteiger partial charge in [-0.2, -0.15) is 0 Å². The predicted octanol–water partition coefficient (Wildman–Crippen LogP) is 5.70. The van der Waals surface area contributed by atoms with E-state index in [9.17, 15) is 29.7 Å². The lowest BCUT2D eigenvalue weighted by Gasteiger charge is -2.19. The van der Waals surface area contributed by atoms with Crippen LogP contribution in [0.5, 0.6) is 0 Å². The molecule has 2 aliphatic carbocycles. The van der Waals surface area contributed by atoms with Gasteiger partial charge in [-0.15, -0.1) is 0 Å². The van der Waals surface area contributed by atoms with E-state index in [2.05, 4.69) is 29.4 Å². The zero-order valence-electron chi connectivity index (χ0n) is 25.8. The Kier molecular flexibility index (Phi) is 17.3. The lowest BCUT2D eigenvalue weighted by atomic mass is 9.87. The van der Waals surface area contributed by atoms with E-state index in [1.165, 1.54) is 38.2 Å². The fraction of sp³-hybridized carbons (Fsp3) is 0.647. The zero-order chi connectivity index (χ0) is 31.5. The van der Waals surface area contributed by atoms with Gasteiger partial charge in [0.25, 0.3) is 0 Å². The van der Waals surface area contributed by atoms with Crippen LogP contribution in [0.4, 0.5) is 0 Å². The van der Waals surface area contributed by atoms with Crippen molar-refractivity contribution in [3.63, 3.8) is 0 Å². The van der Waals surface area contributed by atoms with E-state index in [1.807, 2.05) is 12.2 Å². The average molecular weight is 600 g/mol. The molecule has 0 aromatic carbocycles. The third-order valence-electron chi connectivity index (χ3n) is 8.41. The number of aliphatic imine (C=N–C) groups is 1. The monoisotopic (exact) mass is 599 g/mol. The van der Waals surface area contributed by atoms with Crippen LogP contribution in [0, 0.1) is 17.8 Å². The first-order valence-corrected chi connectivity index (χ1v) is 16.1. The summed E-state index contributed by atoms with van der Waals surface area (Å²) in [6.45, 7) is 2.04. The second-order valence-corrected chi connectivity index (χ2v) is 12.0. The van der Waals surface area contributed by atoms with Crippen LogP contribution in [0.2, 0.25) is 0 Å². The van der Waals surface area contributed by atoms with E-state index in [4.69, 9.17) is 5.73 Å². The number of nitrogens with one attached hydrogen (secondary N) is 1. The van der Waals surface area contributed by atoms with Crippen molar-refractivity contribution < 1.29 is 29.7 Å². The number of hydrogen-bond acceptors (Lipinski definition) is 5. The number of carboxylic acid groups (broad SMARTS) is 2. The molecule has 6 N–H and O–H groups in total. The van der Waals surface area contributed by atoms with Gasteiger partial charge >= 0.3 is 11.9 Å². The number of carbonyl (C=O) groups is 3. The number of aliphatic carboxylic acids is 2. The summed E-state index contributed by atoms with van der Waals surface area (Å²) in [5.41, 5.74) is 6.77. The molecule has 0 radical (unpaired) electrons. The third-order valence-corrected chi connectivity index (χ3v) is 8.41. The number of aliphatic hydroxyl groups excluding tert-OH is 1. The summed E-state index contributed by atoms with van der Waals surface area (Å²) >= 11 is 0. The van der Waals surface area contributed by atoms with Gasteiger partial charge < -0.3 is 31.2 Å². The van der Waals surface area contributed by atoms with Gasteiger partial charge in [-0.05, 0) is 74.5 Å². The molecule has 9 nitrogen and oxygen atoms in total. The van der Waals surface area contributed by atoms with Crippen LogP contribution < -0.4 is 11.1 Å². The molecular formula is C34H53N3O6. The van der Waals surface area contributed by atoms with Crippen LogP contribution in [0.3, 0.4) is 0 Å². The Morgan fingerprint density at radius 3 is 2.51 bits per heavy atom. The van der Waals surface area contributed by atoms with Gasteiger partial charge in [0.15, 0.2) is 5.96 Å². The molecule has 2 rings (SSSR count). The lowest BCUT2D eigenvalue weighted by Crippen LogP contribution is -2.43. The average Bonchev–Trinajstić information content (AvgIpc) is 3.45. The molecule has 43 heavy (non-hydrogen) atoms. The van der Waals surface area contributed by atoms with Gasteiger partial charge in [-0.1, -0.05) is 82.6 Å². The highest BCUT2D eigenvalue weighted by Gasteiger charge is 2.21. The quantitative estimate of drug-likeness (QED) is 0.0226. The van der Waals surface area contributed by atoms with Crippen molar-refractivity contribution in [3.8, 4) is 0 Å². The number of carbonyl (C=O) groups excluding carboxylic acids is 1. The van der Waals surface area contributed by atoms with Crippen molar-refractivity contribution in [1.29, 1.82) is 0 Å². The van der Waals surface area contributed by atoms with Gasteiger partial charge in [0.1, 0.15) is 12.3 Å². The van der Waals surface area contributed by atoms with Crippen molar-refractivity contribution in [1.82, 2.24) is 5.32 Å². The van der Waals surface area contributed by atoms with Gasteiger partial charge in [-0.3, -0.25) is 0 Å². The molecule has 240 valence electrons. The molecule has 1 fully saturated rings. The van der Waals surface area contributed by atoms with Crippen LogP contribution in [0.15, 0.2) is 52.6 Å². The minimum absolute atomic E-state index is 0.0577. The van der Waals surface area contributed by atoms with Crippen LogP contribution in [0.25, 0.3) is 0 Å². The van der Waals surface area contributed by atoms with Crippen LogP contribution in [-0.2, 0) is 14.4 Å². The standard InChI is InChI=1S/C34H53N3O6/c1-2-3-4-6-13-26(15-9-14-25-11-7-5-8-12-25)23-30(33(42)43)37-34(35)36-21-20-29(32(40)41)31(39)17-10-16-27-18-19-28(22-27)24-38/h9,15,18-20,23-25,27-28,30-31,39H,2-8,10-14,16-17,21-22H2,1H3,(H,40,41)(H,42,43)(H3,35,36,37)/b15-9+,26-23-,29-20-. The number of hydrogen-bond donors (Lipinski definition) is 5. The molecule has 4 unspecified atom stereocenters. The van der Waals surface area contributed by atoms with E-state index in [0.717, 1.165) is 63.2 Å². The number of unbranched alkanes of at least 4 members (excludes halogenated alkanes) is 3. The highest BCUT2D eigenvalue weighted by molar-refractivity contribution is 5.88. The molecule has 0 heterocycles. The Morgan fingerprint density at radius 1 is 1.09 bits per heavy atom. The smallest absolute Gasteiger partial charge is 0.333 e. The van der Waals surface area contributed by atoms with Gasteiger partial charge in [-0.25, -0.2) is 14.6 Å². The van der Waals surface area contributed by atoms with Crippen molar-refractivity contribution >= 4 is 24.2 Å². The molecule has 0 aromatic heterocycles. The highest BCUT2D eigenvalue weighted by atomic mass is 16.4. The Labute approximate surface area is 257 Å². The van der Waals surface area contributed by atoms with Crippen molar-refractivity contribution in [2.75, 3.05) is 6.54 Å². The first-order valence-electron chi connectivity index (χ1n) is 16.1. The minimum atomic E-state index is -1.24. The number of nitrogens with two attached hydrogens (primary N) is 1. The zero-order valence-corrected chi connectivity index (χ0v) is 25.8. The number of carboxylic acids is 2. The maximum atomic E-state index is 12.1. The Morgan fingerprint density at radius 2 is 1.86 bits per heavy atom. The second-order valence-electron chi connectivity index (χ2n) is 12.0. The SMILES string of the molecule is CCCCCCC(=C/C(NC(N)=NC/C=C(\C(=O)O)C(O)CCCC1C=CC(C=O)C1)C(=O)O)/C=C/CC1CCCCC1. The van der Waals surface area contributed by atoms with E-state index in [0.29, 0.717) is 12.3 Å². The number of allylic oxidation sites excluding steroid dienone is 5. The maximum absolute atomic E-state index is 12.1. The van der Waals surface area contributed by atoms with E-state index in [1.54, 1.807) is 6.08 Å². The molecule has 0 aliphatic heterocycles. The fourth-order valence-electron chi connectivity index (χ4n) is 5.87. The first kappa shape index (κ1) is 36.0. The number of aldehydes is 1. The number of aliphatic hydroxyl groups is 1. The van der Waals surface area contributed by atoms with Crippen LogP contribution in [0.1, 0.15) is 103 Å². The molecule has 0 spiro atoms.